The van der Waals surface area contributed by atoms with Crippen molar-refractivity contribution in [2.75, 3.05) is 20.2 Å². The zero-order valence-electron chi connectivity index (χ0n) is 11.2. The maximum Gasteiger partial charge on any atom is 0.193 e. The minimum Gasteiger partial charge on any atom is -0.395 e. The number of carbonyl (C=O) groups is 1. The van der Waals surface area contributed by atoms with Crippen LogP contribution in [0.2, 0.25) is 0 Å². The summed E-state index contributed by atoms with van der Waals surface area (Å²) in [5, 5.41) is 18.4. The van der Waals surface area contributed by atoms with Crippen molar-refractivity contribution in [1.82, 2.24) is 4.90 Å². The van der Waals surface area contributed by atoms with Crippen LogP contribution in [-0.4, -0.2) is 46.7 Å². The van der Waals surface area contributed by atoms with Gasteiger partial charge in [-0.2, -0.15) is 0 Å². The molecule has 0 saturated heterocycles. The maximum atomic E-state index is 11.8. The van der Waals surface area contributed by atoms with Gasteiger partial charge in [0.1, 0.15) is 5.60 Å². The third-order valence-corrected chi connectivity index (χ3v) is 2.71. The number of benzene rings is 1. The number of likely N-dealkylation sites (N-methyl/N-ethyl adjacent to an activating group) is 1. The normalized spacial score (nSPS) is 11.9. The van der Waals surface area contributed by atoms with E-state index in [1.54, 1.807) is 12.1 Å². The largest absolute Gasteiger partial charge is 0.395 e. The summed E-state index contributed by atoms with van der Waals surface area (Å²) >= 11 is 0. The molecule has 0 heterocycles. The lowest BCUT2D eigenvalue weighted by Gasteiger charge is -2.17. The Morgan fingerprint density at radius 2 is 1.83 bits per heavy atom. The van der Waals surface area contributed by atoms with E-state index in [0.717, 1.165) is 12.1 Å². The van der Waals surface area contributed by atoms with Crippen LogP contribution in [0.1, 0.15) is 29.8 Å². The first-order valence-corrected chi connectivity index (χ1v) is 6.00. The summed E-state index contributed by atoms with van der Waals surface area (Å²) in [5.74, 6) is -0.280. The van der Waals surface area contributed by atoms with E-state index >= 15 is 0 Å². The van der Waals surface area contributed by atoms with Gasteiger partial charge in [0, 0.05) is 18.7 Å². The monoisotopic (exact) mass is 251 g/mol. The van der Waals surface area contributed by atoms with Crippen molar-refractivity contribution < 1.29 is 15.0 Å². The zero-order valence-corrected chi connectivity index (χ0v) is 11.2. The Morgan fingerprint density at radius 1 is 1.28 bits per heavy atom. The zero-order chi connectivity index (χ0) is 13.8. The van der Waals surface area contributed by atoms with Crippen LogP contribution >= 0.6 is 0 Å². The second kappa shape index (κ2) is 6.09. The highest BCUT2D eigenvalue weighted by Crippen LogP contribution is 2.14. The molecule has 0 saturated carbocycles. The van der Waals surface area contributed by atoms with E-state index in [2.05, 4.69) is 0 Å². The molecule has 0 aromatic heterocycles. The Balaban J connectivity index is 2.72. The highest BCUT2D eigenvalue weighted by molar-refractivity contribution is 6.01. The van der Waals surface area contributed by atoms with Gasteiger partial charge in [-0.05, 0) is 26.5 Å². The summed E-state index contributed by atoms with van der Waals surface area (Å²) in [7, 11) is 1.92. The van der Waals surface area contributed by atoms with Crippen molar-refractivity contribution in [3.8, 4) is 0 Å². The van der Waals surface area contributed by atoms with Crippen LogP contribution in [0.4, 0.5) is 0 Å². The van der Waals surface area contributed by atoms with Crippen LogP contribution in [0.25, 0.3) is 0 Å². The summed E-state index contributed by atoms with van der Waals surface area (Å²) in [4.78, 5) is 13.8. The maximum absolute atomic E-state index is 11.8. The van der Waals surface area contributed by atoms with Crippen LogP contribution in [0, 0.1) is 0 Å². The minimum absolute atomic E-state index is 0.131. The average molecular weight is 251 g/mol. The lowest BCUT2D eigenvalue weighted by atomic mass is 9.96. The Kier molecular flexibility index (Phi) is 5.02. The van der Waals surface area contributed by atoms with Gasteiger partial charge in [0.2, 0.25) is 0 Å². The third kappa shape index (κ3) is 4.22. The van der Waals surface area contributed by atoms with E-state index in [0.29, 0.717) is 12.1 Å². The second-order valence-corrected chi connectivity index (χ2v) is 5.05. The molecular formula is C14H21NO3. The molecule has 0 atom stereocenters. The Bertz CT molecular complexity index is 392. The van der Waals surface area contributed by atoms with Gasteiger partial charge in [-0.1, -0.05) is 24.3 Å². The number of carbonyl (C=O) groups excluding carboxylic acids is 1. The second-order valence-electron chi connectivity index (χ2n) is 5.05. The molecule has 1 rings (SSSR count). The van der Waals surface area contributed by atoms with Gasteiger partial charge in [-0.25, -0.2) is 0 Å². The van der Waals surface area contributed by atoms with Crippen LogP contribution in [0.15, 0.2) is 24.3 Å². The Morgan fingerprint density at radius 3 is 2.28 bits per heavy atom. The van der Waals surface area contributed by atoms with Gasteiger partial charge in [-0.3, -0.25) is 9.69 Å². The van der Waals surface area contributed by atoms with Gasteiger partial charge in [-0.15, -0.1) is 0 Å². The first kappa shape index (κ1) is 14.8. The summed E-state index contributed by atoms with van der Waals surface area (Å²) < 4.78 is 0. The van der Waals surface area contributed by atoms with Crippen molar-refractivity contribution in [1.29, 1.82) is 0 Å². The number of aliphatic hydroxyl groups excluding tert-OH is 1. The number of hydrogen-bond acceptors (Lipinski definition) is 4. The van der Waals surface area contributed by atoms with E-state index in [-0.39, 0.29) is 12.4 Å². The lowest BCUT2D eigenvalue weighted by molar-refractivity contribution is 0.0488. The van der Waals surface area contributed by atoms with Crippen molar-refractivity contribution in [3.63, 3.8) is 0 Å². The van der Waals surface area contributed by atoms with Crippen LogP contribution < -0.4 is 0 Å². The Hall–Kier alpha value is -1.23. The van der Waals surface area contributed by atoms with Crippen molar-refractivity contribution >= 4 is 5.78 Å². The standard InChI is InChI=1S/C14H21NO3/c1-14(2,18)13(17)12-6-4-11(5-7-12)10-15(3)8-9-16/h4-7,16,18H,8-10H2,1-3H3. The van der Waals surface area contributed by atoms with Crippen LogP contribution in [0.5, 0.6) is 0 Å². The number of rotatable bonds is 6. The first-order chi connectivity index (χ1) is 8.34. The average Bonchev–Trinajstić information content (AvgIpc) is 2.28. The summed E-state index contributed by atoms with van der Waals surface area (Å²) in [5.41, 5.74) is 0.240. The Labute approximate surface area is 108 Å². The molecule has 1 aromatic rings. The van der Waals surface area contributed by atoms with E-state index in [4.69, 9.17) is 5.11 Å². The number of Topliss-reactive ketones (excluding diaryl/α,β-unsaturated/α-hetero) is 1. The molecule has 0 fully saturated rings. The highest BCUT2D eigenvalue weighted by Gasteiger charge is 2.24. The van der Waals surface area contributed by atoms with Crippen molar-refractivity contribution in [2.24, 2.45) is 0 Å². The van der Waals surface area contributed by atoms with Gasteiger partial charge in [0.25, 0.3) is 0 Å². The molecule has 0 aliphatic heterocycles. The fourth-order valence-corrected chi connectivity index (χ4v) is 1.68. The smallest absolute Gasteiger partial charge is 0.193 e. The molecule has 4 heteroatoms. The first-order valence-electron chi connectivity index (χ1n) is 6.00. The fraction of sp³-hybridized carbons (Fsp3) is 0.500. The molecule has 0 bridgehead atoms. The molecule has 0 spiro atoms. The SMILES string of the molecule is CN(CCO)Cc1ccc(C(=O)C(C)(C)O)cc1. The van der Waals surface area contributed by atoms with E-state index in [1.165, 1.54) is 13.8 Å². The van der Waals surface area contributed by atoms with Gasteiger partial charge >= 0.3 is 0 Å². The summed E-state index contributed by atoms with van der Waals surface area (Å²) in [6, 6.07) is 7.19. The molecule has 0 unspecified atom stereocenters. The molecular weight excluding hydrogens is 230 g/mol. The molecule has 0 amide bonds. The molecule has 18 heavy (non-hydrogen) atoms. The molecule has 2 N–H and O–H groups in total. The topological polar surface area (TPSA) is 60.8 Å². The quantitative estimate of drug-likeness (QED) is 0.742. The predicted molar refractivity (Wildman–Crippen MR) is 70.5 cm³/mol. The highest BCUT2D eigenvalue weighted by atomic mass is 16.3. The molecule has 4 nitrogen and oxygen atoms in total. The van der Waals surface area contributed by atoms with E-state index in [1.807, 2.05) is 24.1 Å². The van der Waals surface area contributed by atoms with Gasteiger partial charge < -0.3 is 10.2 Å². The predicted octanol–water partition coefficient (Wildman–Crippen LogP) is 1.06. The minimum atomic E-state index is -1.34. The molecule has 100 valence electrons. The van der Waals surface area contributed by atoms with Crippen molar-refractivity contribution in [3.05, 3.63) is 35.4 Å². The van der Waals surface area contributed by atoms with Crippen molar-refractivity contribution in [2.45, 2.75) is 26.0 Å². The number of nitrogens with zero attached hydrogens (tertiary/aromatic N) is 1. The van der Waals surface area contributed by atoms with Crippen LogP contribution in [0.3, 0.4) is 0 Å². The number of hydrogen-bond donors (Lipinski definition) is 2. The molecule has 0 aliphatic carbocycles. The van der Waals surface area contributed by atoms with E-state index in [9.17, 15) is 9.90 Å². The molecule has 0 aliphatic rings. The summed E-state index contributed by atoms with van der Waals surface area (Å²) in [6.45, 7) is 4.43. The lowest BCUT2D eigenvalue weighted by Crippen LogP contribution is -2.31. The van der Waals surface area contributed by atoms with Gasteiger partial charge in [0.15, 0.2) is 5.78 Å². The van der Waals surface area contributed by atoms with Crippen LogP contribution in [-0.2, 0) is 6.54 Å². The molecule has 1 aromatic carbocycles. The number of aliphatic hydroxyl groups is 2. The third-order valence-electron chi connectivity index (χ3n) is 2.71. The van der Waals surface area contributed by atoms with Gasteiger partial charge in [0.05, 0.1) is 6.61 Å². The molecule has 0 radical (unpaired) electrons. The summed E-state index contributed by atoms with van der Waals surface area (Å²) in [6.07, 6.45) is 0. The number of ketones is 1. The van der Waals surface area contributed by atoms with E-state index < -0.39 is 5.60 Å². The fourth-order valence-electron chi connectivity index (χ4n) is 1.68.